The number of H-pyrrole nitrogens is 2. The Kier molecular flexibility index (Phi) is 6.42. The molecule has 0 unspecified atom stereocenters. The van der Waals surface area contributed by atoms with Crippen LogP contribution in [0.5, 0.6) is 5.75 Å². The van der Waals surface area contributed by atoms with Crippen LogP contribution in [0, 0.1) is 0 Å². The number of anilines is 2. The van der Waals surface area contributed by atoms with E-state index in [1.165, 1.54) is 0 Å². The lowest BCUT2D eigenvalue weighted by atomic mass is 10.2. The zero-order valence-corrected chi connectivity index (χ0v) is 17.5. The number of benzene rings is 2. The van der Waals surface area contributed by atoms with Crippen LogP contribution in [-0.4, -0.2) is 66.9 Å². The van der Waals surface area contributed by atoms with Crippen molar-refractivity contribution in [2.75, 3.05) is 56.2 Å². The molecule has 0 aliphatic carbocycles. The smallest absolute Gasteiger partial charge is 0.411 e. The van der Waals surface area contributed by atoms with E-state index >= 15 is 0 Å². The van der Waals surface area contributed by atoms with Crippen LogP contribution in [0.25, 0.3) is 11.0 Å². The Balaban J connectivity index is 1.21. The zero-order chi connectivity index (χ0) is 21.6. The number of aromatic nitrogens is 2. The van der Waals surface area contributed by atoms with Crippen LogP contribution < -0.4 is 20.6 Å². The van der Waals surface area contributed by atoms with Crippen molar-refractivity contribution >= 4 is 28.5 Å². The van der Waals surface area contributed by atoms with E-state index in [0.29, 0.717) is 31.2 Å². The molecule has 1 aliphatic rings. The van der Waals surface area contributed by atoms with Crippen molar-refractivity contribution in [3.05, 3.63) is 52.9 Å². The number of aromatic amines is 2. The number of nitrogens with zero attached hydrogens (tertiary/aromatic N) is 2. The third kappa shape index (κ3) is 5.18. The second-order valence-corrected chi connectivity index (χ2v) is 7.33. The number of hydrogen-bond donors (Lipinski definition) is 3. The molecule has 31 heavy (non-hydrogen) atoms. The highest BCUT2D eigenvalue weighted by molar-refractivity contribution is 5.86. The molecule has 3 aromatic rings. The third-order valence-corrected chi connectivity index (χ3v) is 5.30. The van der Waals surface area contributed by atoms with Gasteiger partial charge in [0.1, 0.15) is 12.4 Å². The lowest BCUT2D eigenvalue weighted by molar-refractivity contribution is 0.137. The topological polar surface area (TPSA) is 103 Å². The van der Waals surface area contributed by atoms with Crippen molar-refractivity contribution in [3.63, 3.8) is 0 Å². The van der Waals surface area contributed by atoms with Crippen molar-refractivity contribution in [1.82, 2.24) is 14.9 Å². The second kappa shape index (κ2) is 9.57. The van der Waals surface area contributed by atoms with Crippen molar-refractivity contribution < 1.29 is 14.3 Å². The number of para-hydroxylation sites is 2. The van der Waals surface area contributed by atoms with Gasteiger partial charge in [0.25, 0.3) is 0 Å². The summed E-state index contributed by atoms with van der Waals surface area (Å²) in [5.74, 6) is 0.625. The first-order chi connectivity index (χ1) is 15.1. The number of fused-ring (bicyclic) bond motifs is 1. The monoisotopic (exact) mass is 425 g/mol. The molecule has 164 valence electrons. The Hall–Kier alpha value is -3.46. The number of carbonyl (C=O) groups excluding carboxylic acids is 1. The molecule has 1 aromatic heterocycles. The summed E-state index contributed by atoms with van der Waals surface area (Å²) < 4.78 is 10.9. The molecule has 0 bridgehead atoms. The van der Waals surface area contributed by atoms with Crippen LogP contribution in [0.4, 0.5) is 16.2 Å². The fraction of sp³-hybridized carbons (Fsp3) is 0.364. The predicted molar refractivity (Wildman–Crippen MR) is 120 cm³/mol. The van der Waals surface area contributed by atoms with Gasteiger partial charge in [-0.2, -0.15) is 0 Å². The summed E-state index contributed by atoms with van der Waals surface area (Å²) in [7, 11) is 0. The van der Waals surface area contributed by atoms with E-state index in [1.54, 1.807) is 6.07 Å². The van der Waals surface area contributed by atoms with Gasteiger partial charge in [-0.05, 0) is 37.3 Å². The Morgan fingerprint density at radius 1 is 1.06 bits per heavy atom. The van der Waals surface area contributed by atoms with Gasteiger partial charge in [-0.25, -0.2) is 9.59 Å². The summed E-state index contributed by atoms with van der Waals surface area (Å²) in [5, 5.41) is 2.74. The fourth-order valence-corrected chi connectivity index (χ4v) is 3.71. The van der Waals surface area contributed by atoms with Gasteiger partial charge in [-0.3, -0.25) is 10.2 Å². The van der Waals surface area contributed by atoms with E-state index in [1.807, 2.05) is 43.3 Å². The number of amides is 1. The Bertz CT molecular complexity index is 1080. The van der Waals surface area contributed by atoms with E-state index in [-0.39, 0.29) is 5.69 Å². The number of hydrogen-bond acceptors (Lipinski definition) is 6. The van der Waals surface area contributed by atoms with E-state index in [2.05, 4.69) is 25.1 Å². The maximum atomic E-state index is 12.1. The first kappa shape index (κ1) is 20.8. The van der Waals surface area contributed by atoms with Crippen molar-refractivity contribution in [3.8, 4) is 5.75 Å². The number of piperazine rings is 1. The molecule has 0 atom stereocenters. The quantitative estimate of drug-likeness (QED) is 0.538. The van der Waals surface area contributed by atoms with Gasteiger partial charge >= 0.3 is 11.8 Å². The average molecular weight is 425 g/mol. The van der Waals surface area contributed by atoms with Crippen LogP contribution in [0.15, 0.2) is 47.3 Å². The molecule has 0 spiro atoms. The molecule has 1 aliphatic heterocycles. The normalized spacial score (nSPS) is 14.5. The lowest BCUT2D eigenvalue weighted by Crippen LogP contribution is -2.47. The SMILES string of the molecule is CCOc1ccccc1NC(=O)OCCN1CCN(c2ccc3[nH]c(=O)[nH]c3c2)CC1. The van der Waals surface area contributed by atoms with Gasteiger partial charge in [0.15, 0.2) is 0 Å². The fourth-order valence-electron chi connectivity index (χ4n) is 3.71. The second-order valence-electron chi connectivity index (χ2n) is 7.33. The van der Waals surface area contributed by atoms with E-state index in [4.69, 9.17) is 9.47 Å². The van der Waals surface area contributed by atoms with Crippen LogP contribution in [0.2, 0.25) is 0 Å². The summed E-state index contributed by atoms with van der Waals surface area (Å²) in [6, 6.07) is 13.2. The molecule has 9 nitrogen and oxygen atoms in total. The standard InChI is InChI=1S/C22H27N5O4/c1-2-30-20-6-4-3-5-18(20)25-22(29)31-14-13-26-9-11-27(12-10-26)16-7-8-17-19(15-16)24-21(28)23-17/h3-8,15H,2,9-14H2,1H3,(H,25,29)(H2,23,24,28). The number of ether oxygens (including phenoxy) is 2. The highest BCUT2D eigenvalue weighted by atomic mass is 16.5. The number of rotatable bonds is 7. The molecule has 9 heteroatoms. The molecule has 1 saturated heterocycles. The molecule has 3 N–H and O–H groups in total. The van der Waals surface area contributed by atoms with Crippen molar-refractivity contribution in [1.29, 1.82) is 0 Å². The van der Waals surface area contributed by atoms with Gasteiger partial charge < -0.3 is 24.3 Å². The maximum absolute atomic E-state index is 12.1. The molecule has 2 heterocycles. The van der Waals surface area contributed by atoms with Crippen LogP contribution >= 0.6 is 0 Å². The predicted octanol–water partition coefficient (Wildman–Crippen LogP) is 2.63. The van der Waals surface area contributed by atoms with Crippen molar-refractivity contribution in [2.45, 2.75) is 6.92 Å². The minimum Gasteiger partial charge on any atom is -0.492 e. The van der Waals surface area contributed by atoms with Crippen LogP contribution in [0.1, 0.15) is 6.92 Å². The number of imidazole rings is 1. The maximum Gasteiger partial charge on any atom is 0.411 e. The van der Waals surface area contributed by atoms with E-state index < -0.39 is 6.09 Å². The van der Waals surface area contributed by atoms with Gasteiger partial charge in [-0.1, -0.05) is 12.1 Å². The summed E-state index contributed by atoms with van der Waals surface area (Å²) >= 11 is 0. The molecule has 4 rings (SSSR count). The number of nitrogens with one attached hydrogen (secondary N) is 3. The first-order valence-electron chi connectivity index (χ1n) is 10.5. The summed E-state index contributed by atoms with van der Waals surface area (Å²) in [6.07, 6.45) is -0.486. The van der Waals surface area contributed by atoms with E-state index in [9.17, 15) is 9.59 Å². The van der Waals surface area contributed by atoms with Gasteiger partial charge in [0.05, 0.1) is 23.3 Å². The minimum absolute atomic E-state index is 0.192. The molecular formula is C22H27N5O4. The molecule has 0 radical (unpaired) electrons. The van der Waals surface area contributed by atoms with Crippen LogP contribution in [-0.2, 0) is 4.74 Å². The molecule has 2 aromatic carbocycles. The lowest BCUT2D eigenvalue weighted by Gasteiger charge is -2.36. The van der Waals surface area contributed by atoms with Gasteiger partial charge in [0, 0.05) is 38.4 Å². The van der Waals surface area contributed by atoms with Gasteiger partial charge in [-0.15, -0.1) is 0 Å². The van der Waals surface area contributed by atoms with Crippen molar-refractivity contribution in [2.24, 2.45) is 0 Å². The third-order valence-electron chi connectivity index (χ3n) is 5.30. The molecule has 1 amide bonds. The highest BCUT2D eigenvalue weighted by Crippen LogP contribution is 2.24. The highest BCUT2D eigenvalue weighted by Gasteiger charge is 2.18. The largest absolute Gasteiger partial charge is 0.492 e. The zero-order valence-electron chi connectivity index (χ0n) is 17.5. The molecular weight excluding hydrogens is 398 g/mol. The Morgan fingerprint density at radius 3 is 2.65 bits per heavy atom. The average Bonchev–Trinajstić information content (AvgIpc) is 3.15. The minimum atomic E-state index is -0.486. The van der Waals surface area contributed by atoms with Crippen LogP contribution in [0.3, 0.4) is 0 Å². The number of carbonyl (C=O) groups is 1. The summed E-state index contributed by atoms with van der Waals surface area (Å²) in [5.41, 5.74) is 3.12. The summed E-state index contributed by atoms with van der Waals surface area (Å²) in [4.78, 5) is 33.7. The Morgan fingerprint density at radius 2 is 1.84 bits per heavy atom. The molecule has 0 saturated carbocycles. The summed E-state index contributed by atoms with van der Waals surface area (Å²) in [6.45, 7) is 6.91. The van der Waals surface area contributed by atoms with E-state index in [0.717, 1.165) is 42.9 Å². The Labute approximate surface area is 179 Å². The molecule has 1 fully saturated rings. The van der Waals surface area contributed by atoms with Gasteiger partial charge in [0.2, 0.25) is 0 Å². The first-order valence-corrected chi connectivity index (χ1v) is 10.5.